The Labute approximate surface area is 176 Å². The summed E-state index contributed by atoms with van der Waals surface area (Å²) in [4.78, 5) is 18.6. The molecule has 0 spiro atoms. The molecule has 29 heavy (non-hydrogen) atoms. The number of aromatic nitrogens is 3. The Morgan fingerprint density at radius 3 is 2.21 bits per heavy atom. The molecule has 1 aromatic heterocycles. The van der Waals surface area contributed by atoms with Crippen LogP contribution in [-0.4, -0.2) is 32.7 Å². The van der Waals surface area contributed by atoms with Crippen LogP contribution in [0.25, 0.3) is 5.69 Å². The quantitative estimate of drug-likeness (QED) is 0.619. The third kappa shape index (κ3) is 4.95. The zero-order valence-electron chi connectivity index (χ0n) is 17.1. The summed E-state index contributed by atoms with van der Waals surface area (Å²) < 4.78 is 1.70. The van der Waals surface area contributed by atoms with Crippen LogP contribution >= 0.6 is 11.6 Å². The van der Waals surface area contributed by atoms with Gasteiger partial charge in [-0.25, -0.2) is 14.5 Å². The molecule has 0 aliphatic rings. The molecular formula is C22H26ClN5O. The molecular weight excluding hydrogens is 386 g/mol. The fraction of sp³-hybridized carbons (Fsp3) is 0.318. The molecule has 2 atom stereocenters. The topological polar surface area (TPSA) is 63.1 Å². The molecule has 2 unspecified atom stereocenters. The van der Waals surface area contributed by atoms with Crippen molar-refractivity contribution in [2.45, 2.75) is 32.9 Å². The minimum absolute atomic E-state index is 0.0853. The van der Waals surface area contributed by atoms with Crippen LogP contribution in [0.3, 0.4) is 0 Å². The summed E-state index contributed by atoms with van der Waals surface area (Å²) in [6.07, 6.45) is 3.15. The van der Waals surface area contributed by atoms with Crippen LogP contribution in [-0.2, 0) is 0 Å². The van der Waals surface area contributed by atoms with Crippen molar-refractivity contribution in [2.24, 2.45) is 5.92 Å². The Bertz CT molecular complexity index is 923. The van der Waals surface area contributed by atoms with Gasteiger partial charge in [-0.3, -0.25) is 0 Å². The van der Waals surface area contributed by atoms with E-state index in [9.17, 15) is 4.79 Å². The summed E-state index contributed by atoms with van der Waals surface area (Å²) in [5, 5.41) is 7.97. The Balaban J connectivity index is 1.70. The summed E-state index contributed by atoms with van der Waals surface area (Å²) in [6, 6.07) is 15.3. The van der Waals surface area contributed by atoms with Gasteiger partial charge in [0.25, 0.3) is 0 Å². The average Bonchev–Trinajstić information content (AvgIpc) is 3.26. The zero-order chi connectivity index (χ0) is 21.0. The molecule has 1 heterocycles. The molecule has 0 aliphatic carbocycles. The van der Waals surface area contributed by atoms with Crippen molar-refractivity contribution < 1.29 is 4.79 Å². The number of benzene rings is 2. The first kappa shape index (κ1) is 20.9. The van der Waals surface area contributed by atoms with E-state index in [1.807, 2.05) is 62.5 Å². The molecule has 2 amide bonds. The van der Waals surface area contributed by atoms with Crippen LogP contribution in [0, 0.1) is 5.92 Å². The fourth-order valence-electron chi connectivity index (χ4n) is 3.19. The lowest BCUT2D eigenvalue weighted by Crippen LogP contribution is -2.42. The second-order valence-corrected chi connectivity index (χ2v) is 7.88. The highest BCUT2D eigenvalue weighted by atomic mass is 35.5. The number of carbonyl (C=O) groups is 1. The van der Waals surface area contributed by atoms with E-state index in [1.165, 1.54) is 6.33 Å². The monoisotopic (exact) mass is 411 g/mol. The SMILES string of the molecule is CC(C)C(NC(=O)N(C)C(C)c1ccc(-n2cncn2)cc1)c1ccc(Cl)cc1. The van der Waals surface area contributed by atoms with E-state index >= 15 is 0 Å². The number of urea groups is 1. The highest BCUT2D eigenvalue weighted by Crippen LogP contribution is 2.25. The average molecular weight is 412 g/mol. The number of halogens is 1. The second-order valence-electron chi connectivity index (χ2n) is 7.44. The first-order valence-corrected chi connectivity index (χ1v) is 9.98. The van der Waals surface area contributed by atoms with Gasteiger partial charge in [-0.15, -0.1) is 0 Å². The standard InChI is InChI=1S/C22H26ClN5O/c1-15(2)21(18-5-9-19(23)10-6-18)26-22(29)27(4)16(3)17-7-11-20(12-8-17)28-14-24-13-25-28/h5-16,21H,1-4H3,(H,26,29). The molecule has 152 valence electrons. The van der Waals surface area contributed by atoms with Gasteiger partial charge in [-0.2, -0.15) is 5.10 Å². The number of nitrogens with one attached hydrogen (secondary N) is 1. The fourth-order valence-corrected chi connectivity index (χ4v) is 3.31. The van der Waals surface area contributed by atoms with Crippen molar-refractivity contribution >= 4 is 17.6 Å². The largest absolute Gasteiger partial charge is 0.331 e. The van der Waals surface area contributed by atoms with Crippen LogP contribution in [0.1, 0.15) is 44.0 Å². The molecule has 1 N–H and O–H groups in total. The van der Waals surface area contributed by atoms with E-state index < -0.39 is 0 Å². The lowest BCUT2D eigenvalue weighted by Gasteiger charge is -2.30. The maximum absolute atomic E-state index is 12.9. The third-order valence-electron chi connectivity index (χ3n) is 5.13. The molecule has 0 radical (unpaired) electrons. The highest BCUT2D eigenvalue weighted by molar-refractivity contribution is 6.30. The molecule has 0 aliphatic heterocycles. The molecule has 3 aromatic rings. The Hall–Kier alpha value is -2.86. The Morgan fingerprint density at radius 1 is 1.03 bits per heavy atom. The lowest BCUT2D eigenvalue weighted by molar-refractivity contribution is 0.186. The van der Waals surface area contributed by atoms with Gasteiger partial charge in [0.2, 0.25) is 0 Å². The minimum atomic E-state index is -0.119. The van der Waals surface area contributed by atoms with Crippen molar-refractivity contribution in [3.63, 3.8) is 0 Å². The van der Waals surface area contributed by atoms with E-state index in [4.69, 9.17) is 11.6 Å². The van der Waals surface area contributed by atoms with Crippen LogP contribution in [0.15, 0.2) is 61.2 Å². The normalized spacial score (nSPS) is 13.2. The van der Waals surface area contributed by atoms with E-state index in [2.05, 4.69) is 29.2 Å². The van der Waals surface area contributed by atoms with Gasteiger partial charge in [0.1, 0.15) is 12.7 Å². The number of amides is 2. The number of hydrogen-bond donors (Lipinski definition) is 1. The number of carbonyl (C=O) groups excluding carboxylic acids is 1. The molecule has 6 nitrogen and oxygen atoms in total. The first-order valence-electron chi connectivity index (χ1n) is 9.60. The van der Waals surface area contributed by atoms with Gasteiger partial charge >= 0.3 is 6.03 Å². The van der Waals surface area contributed by atoms with Gasteiger partial charge in [0.15, 0.2) is 0 Å². The van der Waals surface area contributed by atoms with Crippen molar-refractivity contribution in [3.8, 4) is 5.69 Å². The molecule has 0 saturated carbocycles. The molecule has 0 saturated heterocycles. The van der Waals surface area contributed by atoms with Gasteiger partial charge in [0.05, 0.1) is 17.8 Å². The van der Waals surface area contributed by atoms with Gasteiger partial charge in [-0.05, 0) is 48.2 Å². The van der Waals surface area contributed by atoms with Crippen LogP contribution in [0.5, 0.6) is 0 Å². The smallest absolute Gasteiger partial charge is 0.318 e. The molecule has 2 aromatic carbocycles. The van der Waals surface area contributed by atoms with E-state index in [-0.39, 0.29) is 24.0 Å². The number of hydrogen-bond acceptors (Lipinski definition) is 3. The van der Waals surface area contributed by atoms with Gasteiger partial charge < -0.3 is 10.2 Å². The maximum atomic E-state index is 12.9. The van der Waals surface area contributed by atoms with Crippen molar-refractivity contribution in [1.29, 1.82) is 0 Å². The molecule has 0 fully saturated rings. The zero-order valence-corrected chi connectivity index (χ0v) is 17.8. The van der Waals surface area contributed by atoms with Gasteiger partial charge in [0, 0.05) is 12.1 Å². The summed E-state index contributed by atoms with van der Waals surface area (Å²) in [7, 11) is 1.81. The van der Waals surface area contributed by atoms with Crippen molar-refractivity contribution in [2.75, 3.05) is 7.05 Å². The van der Waals surface area contributed by atoms with Crippen LogP contribution < -0.4 is 5.32 Å². The molecule has 0 bridgehead atoms. The lowest BCUT2D eigenvalue weighted by atomic mass is 9.96. The summed E-state index contributed by atoms with van der Waals surface area (Å²) >= 11 is 6.00. The highest BCUT2D eigenvalue weighted by Gasteiger charge is 2.23. The predicted molar refractivity (Wildman–Crippen MR) is 115 cm³/mol. The van der Waals surface area contributed by atoms with E-state index in [1.54, 1.807) is 15.9 Å². The minimum Gasteiger partial charge on any atom is -0.331 e. The predicted octanol–water partition coefficient (Wildman–Crippen LogP) is 5.02. The number of rotatable bonds is 6. The van der Waals surface area contributed by atoms with Crippen LogP contribution in [0.2, 0.25) is 5.02 Å². The van der Waals surface area contributed by atoms with E-state index in [0.717, 1.165) is 16.8 Å². The molecule has 3 rings (SSSR count). The van der Waals surface area contributed by atoms with Crippen molar-refractivity contribution in [3.05, 3.63) is 77.3 Å². The Morgan fingerprint density at radius 2 is 1.66 bits per heavy atom. The summed E-state index contributed by atoms with van der Waals surface area (Å²) in [6.45, 7) is 6.19. The Kier molecular flexibility index (Phi) is 6.54. The maximum Gasteiger partial charge on any atom is 0.318 e. The van der Waals surface area contributed by atoms with Crippen molar-refractivity contribution in [1.82, 2.24) is 25.0 Å². The second kappa shape index (κ2) is 9.09. The van der Waals surface area contributed by atoms with E-state index in [0.29, 0.717) is 5.02 Å². The first-order chi connectivity index (χ1) is 13.9. The number of nitrogens with zero attached hydrogens (tertiary/aromatic N) is 4. The molecule has 7 heteroatoms. The third-order valence-corrected chi connectivity index (χ3v) is 5.39. The summed E-state index contributed by atoms with van der Waals surface area (Å²) in [5.41, 5.74) is 3.00. The van der Waals surface area contributed by atoms with Gasteiger partial charge in [-0.1, -0.05) is 49.7 Å². The van der Waals surface area contributed by atoms with Crippen LogP contribution in [0.4, 0.5) is 4.79 Å². The summed E-state index contributed by atoms with van der Waals surface area (Å²) in [5.74, 6) is 0.241.